The van der Waals surface area contributed by atoms with Gasteiger partial charge in [0, 0.05) is 31.9 Å². The van der Waals surface area contributed by atoms with E-state index in [1.54, 1.807) is 48.2 Å². The summed E-state index contributed by atoms with van der Waals surface area (Å²) in [5.74, 6) is 0.102. The van der Waals surface area contributed by atoms with Gasteiger partial charge in [0.05, 0.1) is 11.4 Å². The number of rotatable bonds is 10. The smallest absolute Gasteiger partial charge is 0.123 e. The second-order valence-electron chi connectivity index (χ2n) is 9.33. The summed E-state index contributed by atoms with van der Waals surface area (Å²) in [7, 11) is 0. The van der Waals surface area contributed by atoms with Gasteiger partial charge in [-0.1, -0.05) is 36.4 Å². The molecule has 0 bridgehead atoms. The van der Waals surface area contributed by atoms with E-state index in [-0.39, 0.29) is 22.7 Å². The SMILES string of the molecule is OC(Cc1ccc(F)cc1)CN1CCCN(CCSC(c2ccc(F)cc2)c2ccc(F)cc2)CC1. The van der Waals surface area contributed by atoms with Crippen LogP contribution in [0.4, 0.5) is 13.2 Å². The Bertz CT molecular complexity index is 1020. The van der Waals surface area contributed by atoms with Crippen LogP contribution in [0.1, 0.15) is 28.4 Å². The molecule has 1 atom stereocenters. The van der Waals surface area contributed by atoms with Gasteiger partial charge in [-0.05, 0) is 79.0 Å². The molecule has 0 amide bonds. The molecule has 3 aromatic carbocycles. The van der Waals surface area contributed by atoms with Crippen LogP contribution < -0.4 is 0 Å². The van der Waals surface area contributed by atoms with Crippen molar-refractivity contribution in [1.82, 2.24) is 9.80 Å². The van der Waals surface area contributed by atoms with E-state index in [0.717, 1.165) is 61.6 Å². The highest BCUT2D eigenvalue weighted by molar-refractivity contribution is 7.99. The Morgan fingerprint density at radius 2 is 1.19 bits per heavy atom. The van der Waals surface area contributed by atoms with Crippen molar-refractivity contribution < 1.29 is 18.3 Å². The molecule has 1 aliphatic rings. The normalized spacial score (nSPS) is 16.2. The summed E-state index contributed by atoms with van der Waals surface area (Å²) in [6, 6.07) is 19.4. The van der Waals surface area contributed by atoms with Crippen molar-refractivity contribution in [2.75, 3.05) is 45.0 Å². The summed E-state index contributed by atoms with van der Waals surface area (Å²) in [6.07, 6.45) is 1.07. The zero-order chi connectivity index (χ0) is 25.3. The Hall–Kier alpha value is -2.32. The van der Waals surface area contributed by atoms with Crippen molar-refractivity contribution in [2.24, 2.45) is 0 Å². The molecular weight excluding hydrogens is 481 g/mol. The summed E-state index contributed by atoms with van der Waals surface area (Å²) in [5, 5.41) is 10.5. The number of aliphatic hydroxyl groups is 1. The maximum Gasteiger partial charge on any atom is 0.123 e. The van der Waals surface area contributed by atoms with Crippen LogP contribution in [0.25, 0.3) is 0 Å². The molecule has 0 radical (unpaired) electrons. The zero-order valence-corrected chi connectivity index (χ0v) is 21.1. The van der Waals surface area contributed by atoms with Crippen LogP contribution in [-0.2, 0) is 6.42 Å². The van der Waals surface area contributed by atoms with E-state index in [1.165, 1.54) is 36.4 Å². The monoisotopic (exact) mass is 514 g/mol. The van der Waals surface area contributed by atoms with Crippen molar-refractivity contribution in [3.8, 4) is 0 Å². The Morgan fingerprint density at radius 3 is 1.78 bits per heavy atom. The van der Waals surface area contributed by atoms with E-state index in [0.29, 0.717) is 13.0 Å². The van der Waals surface area contributed by atoms with E-state index in [4.69, 9.17) is 0 Å². The third-order valence-electron chi connectivity index (χ3n) is 6.57. The molecule has 1 N–H and O–H groups in total. The number of thioether (sulfide) groups is 1. The van der Waals surface area contributed by atoms with Gasteiger partial charge in [0.25, 0.3) is 0 Å². The first-order valence-electron chi connectivity index (χ1n) is 12.5. The fourth-order valence-corrected chi connectivity index (χ4v) is 5.94. The number of hydrogen-bond acceptors (Lipinski definition) is 4. The summed E-state index contributed by atoms with van der Waals surface area (Å²) in [6.45, 7) is 5.31. The van der Waals surface area contributed by atoms with Gasteiger partial charge in [0.15, 0.2) is 0 Å². The summed E-state index contributed by atoms with van der Waals surface area (Å²) < 4.78 is 40.1. The lowest BCUT2D eigenvalue weighted by molar-refractivity contribution is 0.114. The van der Waals surface area contributed by atoms with Gasteiger partial charge in [-0.3, -0.25) is 4.90 Å². The second kappa shape index (κ2) is 13.3. The van der Waals surface area contributed by atoms with Gasteiger partial charge in [0.2, 0.25) is 0 Å². The highest BCUT2D eigenvalue weighted by atomic mass is 32.2. The molecule has 192 valence electrons. The Balaban J connectivity index is 1.26. The molecule has 1 saturated heterocycles. The molecule has 3 nitrogen and oxygen atoms in total. The number of halogens is 3. The second-order valence-corrected chi connectivity index (χ2v) is 10.5. The number of hydrogen-bond donors (Lipinski definition) is 1. The predicted molar refractivity (Wildman–Crippen MR) is 141 cm³/mol. The van der Waals surface area contributed by atoms with Crippen LogP contribution in [0.3, 0.4) is 0 Å². The number of β-amino-alcohol motifs (C(OH)–C–C–N with tert-alkyl or cyclic N) is 1. The Kier molecular flexibility index (Phi) is 9.87. The van der Waals surface area contributed by atoms with E-state index < -0.39 is 6.10 Å². The van der Waals surface area contributed by atoms with Crippen molar-refractivity contribution in [3.63, 3.8) is 0 Å². The lowest BCUT2D eigenvalue weighted by Gasteiger charge is -2.24. The van der Waals surface area contributed by atoms with E-state index >= 15 is 0 Å². The molecule has 0 saturated carbocycles. The molecule has 7 heteroatoms. The fourth-order valence-electron chi connectivity index (χ4n) is 4.65. The van der Waals surface area contributed by atoms with Crippen LogP contribution in [0.5, 0.6) is 0 Å². The van der Waals surface area contributed by atoms with Gasteiger partial charge >= 0.3 is 0 Å². The topological polar surface area (TPSA) is 26.7 Å². The van der Waals surface area contributed by atoms with Crippen LogP contribution in [-0.4, -0.2) is 66.0 Å². The minimum atomic E-state index is -0.482. The lowest BCUT2D eigenvalue weighted by atomic mass is 10.0. The largest absolute Gasteiger partial charge is 0.391 e. The average Bonchev–Trinajstić information content (AvgIpc) is 3.10. The minimum Gasteiger partial charge on any atom is -0.391 e. The zero-order valence-electron chi connectivity index (χ0n) is 20.3. The average molecular weight is 515 g/mol. The highest BCUT2D eigenvalue weighted by Gasteiger charge is 2.19. The van der Waals surface area contributed by atoms with Crippen LogP contribution >= 0.6 is 11.8 Å². The van der Waals surface area contributed by atoms with Gasteiger partial charge in [-0.15, -0.1) is 11.8 Å². The quantitative estimate of drug-likeness (QED) is 0.385. The van der Waals surface area contributed by atoms with Crippen molar-refractivity contribution in [1.29, 1.82) is 0 Å². The van der Waals surface area contributed by atoms with Gasteiger partial charge in [-0.2, -0.15) is 0 Å². The highest BCUT2D eigenvalue weighted by Crippen LogP contribution is 2.35. The Morgan fingerprint density at radius 1 is 0.694 bits per heavy atom. The molecule has 3 aromatic rings. The molecule has 1 fully saturated rings. The van der Waals surface area contributed by atoms with Crippen LogP contribution in [0, 0.1) is 17.5 Å². The molecule has 4 rings (SSSR count). The minimum absolute atomic E-state index is 0.0104. The molecule has 1 heterocycles. The van der Waals surface area contributed by atoms with Crippen molar-refractivity contribution in [3.05, 3.63) is 107 Å². The van der Waals surface area contributed by atoms with Crippen LogP contribution in [0.2, 0.25) is 0 Å². The summed E-state index contributed by atoms with van der Waals surface area (Å²) in [5.41, 5.74) is 2.95. The van der Waals surface area contributed by atoms with E-state index in [9.17, 15) is 18.3 Å². The van der Waals surface area contributed by atoms with Crippen LogP contribution in [0.15, 0.2) is 72.8 Å². The molecule has 0 aromatic heterocycles. The predicted octanol–water partition coefficient (Wildman–Crippen LogP) is 5.54. The maximum absolute atomic E-state index is 13.5. The summed E-state index contributed by atoms with van der Waals surface area (Å²) >= 11 is 1.79. The fraction of sp³-hybridized carbons (Fsp3) is 0.379. The molecule has 0 spiro atoms. The molecule has 1 aliphatic heterocycles. The van der Waals surface area contributed by atoms with E-state index in [1.807, 2.05) is 0 Å². The number of nitrogens with zero attached hydrogens (tertiary/aromatic N) is 2. The molecule has 36 heavy (non-hydrogen) atoms. The molecule has 1 unspecified atom stereocenters. The number of aliphatic hydroxyl groups excluding tert-OH is 1. The third kappa shape index (κ3) is 8.10. The first-order valence-corrected chi connectivity index (χ1v) is 13.5. The van der Waals surface area contributed by atoms with Gasteiger partial charge < -0.3 is 10.0 Å². The maximum atomic E-state index is 13.5. The van der Waals surface area contributed by atoms with Gasteiger partial charge in [0.1, 0.15) is 17.5 Å². The summed E-state index contributed by atoms with van der Waals surface area (Å²) in [4.78, 5) is 4.76. The Labute approximate surface area is 215 Å². The van der Waals surface area contributed by atoms with Gasteiger partial charge in [-0.25, -0.2) is 13.2 Å². The van der Waals surface area contributed by atoms with E-state index in [2.05, 4.69) is 9.80 Å². The number of benzene rings is 3. The third-order valence-corrected chi connectivity index (χ3v) is 7.87. The molecule has 0 aliphatic carbocycles. The molecular formula is C29H33F3N2OS. The first kappa shape index (κ1) is 26.7. The van der Waals surface area contributed by atoms with Crippen molar-refractivity contribution in [2.45, 2.75) is 24.2 Å². The standard InChI is InChI=1S/C29H33F3N2OS/c30-25-8-2-22(3-9-25)20-28(35)21-34-15-1-14-33(16-17-34)18-19-36-29(23-4-10-26(31)11-5-23)24-6-12-27(32)13-7-24/h2-13,28-29,35H,1,14-21H2. The lowest BCUT2D eigenvalue weighted by Crippen LogP contribution is -2.37. The van der Waals surface area contributed by atoms with Crippen molar-refractivity contribution >= 4 is 11.8 Å². The first-order chi connectivity index (χ1) is 17.5.